The molecule has 0 saturated heterocycles. The van der Waals surface area contributed by atoms with E-state index in [1.165, 1.54) is 45.3 Å². The van der Waals surface area contributed by atoms with Gasteiger partial charge < -0.3 is 4.90 Å². The summed E-state index contributed by atoms with van der Waals surface area (Å²) in [5.74, 6) is 3.24. The fraction of sp³-hybridized carbons (Fsp3) is 1.00. The van der Waals surface area contributed by atoms with Gasteiger partial charge in [0, 0.05) is 11.9 Å². The predicted octanol–water partition coefficient (Wildman–Crippen LogP) is 3.53. The fourth-order valence-electron chi connectivity index (χ4n) is 3.59. The molecule has 2 saturated carbocycles. The summed E-state index contributed by atoms with van der Waals surface area (Å²) in [7, 11) is 0. The van der Waals surface area contributed by atoms with E-state index in [9.17, 15) is 0 Å². The first kappa shape index (κ1) is 11.9. The summed E-state index contributed by atoms with van der Waals surface area (Å²) < 4.78 is 0. The van der Waals surface area contributed by atoms with Gasteiger partial charge in [-0.15, -0.1) is 0 Å². The van der Waals surface area contributed by atoms with Crippen LogP contribution >= 0.6 is 15.9 Å². The van der Waals surface area contributed by atoms with Crippen molar-refractivity contribution >= 4 is 15.9 Å². The minimum absolute atomic E-state index is 1.04. The van der Waals surface area contributed by atoms with Gasteiger partial charge in [0.15, 0.2) is 0 Å². The van der Waals surface area contributed by atoms with Gasteiger partial charge in [-0.05, 0) is 56.5 Å². The first-order chi connectivity index (χ1) is 7.33. The van der Waals surface area contributed by atoms with Crippen molar-refractivity contribution in [2.75, 3.05) is 25.0 Å². The zero-order chi connectivity index (χ0) is 10.7. The van der Waals surface area contributed by atoms with E-state index in [1.807, 2.05) is 0 Å². The van der Waals surface area contributed by atoms with E-state index in [1.54, 1.807) is 6.42 Å². The van der Waals surface area contributed by atoms with E-state index in [0.29, 0.717) is 0 Å². The Bertz CT molecular complexity index is 195. The topological polar surface area (TPSA) is 3.24 Å². The standard InChI is InChI=1S/C13H24BrN/c1-2-15(7-3-6-14)10-13-9-11-4-5-12(13)8-11/h11-13H,2-10H2,1H3. The molecule has 15 heavy (non-hydrogen) atoms. The highest BCUT2D eigenvalue weighted by Crippen LogP contribution is 2.48. The van der Waals surface area contributed by atoms with Crippen molar-refractivity contribution in [3.05, 3.63) is 0 Å². The Balaban J connectivity index is 1.74. The van der Waals surface area contributed by atoms with Gasteiger partial charge in [-0.1, -0.05) is 29.3 Å². The Labute approximate surface area is 103 Å². The van der Waals surface area contributed by atoms with E-state index in [0.717, 1.165) is 23.1 Å². The van der Waals surface area contributed by atoms with Crippen molar-refractivity contribution < 1.29 is 0 Å². The lowest BCUT2D eigenvalue weighted by atomic mass is 9.88. The second-order valence-electron chi connectivity index (χ2n) is 5.37. The fourth-order valence-corrected chi connectivity index (χ4v) is 3.84. The molecular weight excluding hydrogens is 250 g/mol. The third-order valence-corrected chi connectivity index (χ3v) is 4.99. The van der Waals surface area contributed by atoms with Gasteiger partial charge in [-0.2, -0.15) is 0 Å². The SMILES string of the molecule is CCN(CCCBr)CC1CC2CCC1C2. The van der Waals surface area contributed by atoms with Gasteiger partial charge in [-0.25, -0.2) is 0 Å². The summed E-state index contributed by atoms with van der Waals surface area (Å²) in [6, 6.07) is 0. The molecule has 2 heteroatoms. The number of hydrogen-bond donors (Lipinski definition) is 0. The van der Waals surface area contributed by atoms with Crippen LogP contribution in [0.3, 0.4) is 0 Å². The highest BCUT2D eigenvalue weighted by atomic mass is 79.9. The Morgan fingerprint density at radius 3 is 2.67 bits per heavy atom. The van der Waals surface area contributed by atoms with E-state index >= 15 is 0 Å². The molecule has 0 spiro atoms. The Morgan fingerprint density at radius 2 is 2.13 bits per heavy atom. The summed E-state index contributed by atoms with van der Waals surface area (Å²) in [6.07, 6.45) is 7.46. The van der Waals surface area contributed by atoms with Crippen molar-refractivity contribution in [1.82, 2.24) is 4.90 Å². The van der Waals surface area contributed by atoms with Crippen LogP contribution in [0, 0.1) is 17.8 Å². The molecule has 0 heterocycles. The summed E-state index contributed by atoms with van der Waals surface area (Å²) in [4.78, 5) is 2.66. The van der Waals surface area contributed by atoms with E-state index < -0.39 is 0 Å². The Morgan fingerprint density at radius 1 is 1.27 bits per heavy atom. The molecule has 2 aliphatic rings. The molecule has 0 N–H and O–H groups in total. The van der Waals surface area contributed by atoms with Crippen molar-refractivity contribution in [2.24, 2.45) is 17.8 Å². The largest absolute Gasteiger partial charge is 0.303 e. The Hall–Kier alpha value is 0.440. The molecule has 2 fully saturated rings. The second-order valence-corrected chi connectivity index (χ2v) is 6.16. The third kappa shape index (κ3) is 2.97. The lowest BCUT2D eigenvalue weighted by Crippen LogP contribution is -2.32. The van der Waals surface area contributed by atoms with Crippen molar-refractivity contribution in [3.8, 4) is 0 Å². The normalized spacial score (nSPS) is 34.2. The predicted molar refractivity (Wildman–Crippen MR) is 69.5 cm³/mol. The number of hydrogen-bond acceptors (Lipinski definition) is 1. The van der Waals surface area contributed by atoms with Gasteiger partial charge >= 0.3 is 0 Å². The minimum Gasteiger partial charge on any atom is -0.303 e. The van der Waals surface area contributed by atoms with Crippen LogP contribution in [-0.4, -0.2) is 29.9 Å². The summed E-state index contributed by atoms with van der Waals surface area (Å²) in [5, 5.41) is 1.15. The van der Waals surface area contributed by atoms with E-state index in [4.69, 9.17) is 0 Å². The molecule has 2 bridgehead atoms. The summed E-state index contributed by atoms with van der Waals surface area (Å²) in [6.45, 7) is 6.21. The molecule has 2 aliphatic carbocycles. The quantitative estimate of drug-likeness (QED) is 0.670. The second kappa shape index (κ2) is 5.67. The Kier molecular flexibility index (Phi) is 4.51. The molecule has 3 unspecified atom stereocenters. The van der Waals surface area contributed by atoms with Crippen LogP contribution in [0.4, 0.5) is 0 Å². The van der Waals surface area contributed by atoms with Crippen LogP contribution < -0.4 is 0 Å². The molecule has 3 atom stereocenters. The molecule has 0 amide bonds. The zero-order valence-electron chi connectivity index (χ0n) is 9.92. The maximum absolute atomic E-state index is 3.53. The van der Waals surface area contributed by atoms with Gasteiger partial charge in [0.1, 0.15) is 0 Å². The molecule has 2 rings (SSSR count). The summed E-state index contributed by atoms with van der Waals surface area (Å²) >= 11 is 3.53. The molecule has 0 aromatic rings. The molecule has 88 valence electrons. The number of fused-ring (bicyclic) bond motifs is 2. The monoisotopic (exact) mass is 273 g/mol. The molecule has 0 aromatic heterocycles. The first-order valence-corrected chi connectivity index (χ1v) is 7.74. The van der Waals surface area contributed by atoms with Crippen LogP contribution in [0.1, 0.15) is 39.0 Å². The van der Waals surface area contributed by atoms with Crippen molar-refractivity contribution in [1.29, 1.82) is 0 Å². The maximum atomic E-state index is 3.53. The van der Waals surface area contributed by atoms with Crippen molar-refractivity contribution in [3.63, 3.8) is 0 Å². The summed E-state index contributed by atoms with van der Waals surface area (Å²) in [5.41, 5.74) is 0. The van der Waals surface area contributed by atoms with Gasteiger partial charge in [0.05, 0.1) is 0 Å². The van der Waals surface area contributed by atoms with Gasteiger partial charge in [-0.3, -0.25) is 0 Å². The molecule has 0 aromatic carbocycles. The molecule has 0 aliphatic heterocycles. The lowest BCUT2D eigenvalue weighted by Gasteiger charge is -2.28. The smallest absolute Gasteiger partial charge is 0.00434 e. The maximum Gasteiger partial charge on any atom is 0.00434 e. The molecule has 0 radical (unpaired) electrons. The minimum atomic E-state index is 1.04. The molecular formula is C13H24BrN. The lowest BCUT2D eigenvalue weighted by molar-refractivity contribution is 0.197. The molecule has 1 nitrogen and oxygen atoms in total. The van der Waals surface area contributed by atoms with Crippen LogP contribution in [0.25, 0.3) is 0 Å². The van der Waals surface area contributed by atoms with Crippen LogP contribution in [-0.2, 0) is 0 Å². The van der Waals surface area contributed by atoms with Crippen LogP contribution in [0.5, 0.6) is 0 Å². The number of rotatable bonds is 6. The highest BCUT2D eigenvalue weighted by molar-refractivity contribution is 9.09. The van der Waals surface area contributed by atoms with Gasteiger partial charge in [0.25, 0.3) is 0 Å². The number of nitrogens with zero attached hydrogens (tertiary/aromatic N) is 1. The highest BCUT2D eigenvalue weighted by Gasteiger charge is 2.39. The third-order valence-electron chi connectivity index (χ3n) is 4.43. The zero-order valence-corrected chi connectivity index (χ0v) is 11.5. The number of halogens is 1. The van der Waals surface area contributed by atoms with E-state index in [-0.39, 0.29) is 0 Å². The first-order valence-electron chi connectivity index (χ1n) is 6.61. The van der Waals surface area contributed by atoms with Crippen LogP contribution in [0.2, 0.25) is 0 Å². The number of alkyl halides is 1. The van der Waals surface area contributed by atoms with Crippen LogP contribution in [0.15, 0.2) is 0 Å². The van der Waals surface area contributed by atoms with E-state index in [2.05, 4.69) is 27.8 Å². The van der Waals surface area contributed by atoms with Gasteiger partial charge in [0.2, 0.25) is 0 Å². The van der Waals surface area contributed by atoms with Crippen molar-refractivity contribution in [2.45, 2.75) is 39.0 Å². The average molecular weight is 274 g/mol. The average Bonchev–Trinajstić information content (AvgIpc) is 2.85.